The molecule has 1 unspecified atom stereocenters. The minimum Gasteiger partial charge on any atom is -0.465 e. The van der Waals surface area contributed by atoms with Crippen LogP contribution in [0.15, 0.2) is 6.07 Å². The zero-order chi connectivity index (χ0) is 13.8. The molecular weight excluding hydrogens is 230 g/mol. The second-order valence-corrected chi connectivity index (χ2v) is 4.45. The summed E-state index contributed by atoms with van der Waals surface area (Å²) in [5.74, 6) is -0.480. The van der Waals surface area contributed by atoms with Crippen LogP contribution in [0.2, 0.25) is 0 Å². The van der Waals surface area contributed by atoms with E-state index in [0.29, 0.717) is 6.42 Å². The van der Waals surface area contributed by atoms with Crippen molar-refractivity contribution in [3.63, 3.8) is 0 Å². The highest BCUT2D eigenvalue weighted by atomic mass is 16.5. The van der Waals surface area contributed by atoms with E-state index in [1.165, 1.54) is 0 Å². The van der Waals surface area contributed by atoms with E-state index in [4.69, 9.17) is 4.74 Å². The highest BCUT2D eigenvalue weighted by Crippen LogP contribution is 2.24. The highest BCUT2D eigenvalue weighted by Gasteiger charge is 2.36. The number of rotatable bonds is 5. The van der Waals surface area contributed by atoms with Gasteiger partial charge in [0.05, 0.1) is 18.4 Å². The molecule has 1 aromatic rings. The van der Waals surface area contributed by atoms with E-state index in [2.05, 4.69) is 11.2 Å². The molecule has 0 radical (unpaired) electrons. The molecule has 0 bridgehead atoms. The normalized spacial score (nSPS) is 13.7. The number of nitriles is 1. The number of carbonyl (C=O) groups is 1. The van der Waals surface area contributed by atoms with Crippen molar-refractivity contribution in [3.8, 4) is 6.07 Å². The zero-order valence-electron chi connectivity index (χ0n) is 11.4. The lowest BCUT2D eigenvalue weighted by Crippen LogP contribution is -2.31. The molecule has 0 fully saturated rings. The quantitative estimate of drug-likeness (QED) is 0.744. The molecule has 1 rings (SSSR count). The Balaban J connectivity index is 2.95. The van der Waals surface area contributed by atoms with Gasteiger partial charge in [0, 0.05) is 19.2 Å². The van der Waals surface area contributed by atoms with E-state index in [0.717, 1.165) is 17.8 Å². The van der Waals surface area contributed by atoms with Gasteiger partial charge >= 0.3 is 5.97 Å². The summed E-state index contributed by atoms with van der Waals surface area (Å²) in [4.78, 5) is 11.8. The van der Waals surface area contributed by atoms with Crippen molar-refractivity contribution < 1.29 is 9.53 Å². The zero-order valence-corrected chi connectivity index (χ0v) is 11.4. The first kappa shape index (κ1) is 14.2. The van der Waals surface area contributed by atoms with Crippen molar-refractivity contribution in [3.05, 3.63) is 17.5 Å². The predicted molar refractivity (Wildman–Crippen MR) is 66.6 cm³/mol. The van der Waals surface area contributed by atoms with Crippen LogP contribution in [0, 0.1) is 16.7 Å². The Labute approximate surface area is 107 Å². The van der Waals surface area contributed by atoms with Crippen LogP contribution in [0.5, 0.6) is 0 Å². The number of nitrogens with zero attached hydrogens (tertiary/aromatic N) is 3. The van der Waals surface area contributed by atoms with Crippen LogP contribution in [-0.2, 0) is 29.4 Å². The van der Waals surface area contributed by atoms with Crippen LogP contribution >= 0.6 is 0 Å². The maximum Gasteiger partial charge on any atom is 0.326 e. The summed E-state index contributed by atoms with van der Waals surface area (Å²) in [5, 5.41) is 13.5. The smallest absolute Gasteiger partial charge is 0.326 e. The SMILES string of the molecule is CCOC(=O)C(C)(C#N)Cc1cc(CC)nn1C. The first-order chi connectivity index (χ1) is 8.46. The Kier molecular flexibility index (Phi) is 4.49. The van der Waals surface area contributed by atoms with E-state index >= 15 is 0 Å². The molecule has 0 saturated carbocycles. The third-order valence-electron chi connectivity index (χ3n) is 2.90. The van der Waals surface area contributed by atoms with Crippen LogP contribution in [0.25, 0.3) is 0 Å². The highest BCUT2D eigenvalue weighted by molar-refractivity contribution is 5.79. The maximum absolute atomic E-state index is 11.8. The fourth-order valence-corrected chi connectivity index (χ4v) is 1.72. The Morgan fingerprint density at radius 1 is 1.61 bits per heavy atom. The summed E-state index contributed by atoms with van der Waals surface area (Å²) >= 11 is 0. The molecule has 98 valence electrons. The first-order valence-corrected chi connectivity index (χ1v) is 6.07. The van der Waals surface area contributed by atoms with Crippen molar-refractivity contribution in [2.75, 3.05) is 6.61 Å². The number of ether oxygens (including phenoxy) is 1. The van der Waals surface area contributed by atoms with Crippen molar-refractivity contribution >= 4 is 5.97 Å². The average molecular weight is 249 g/mol. The summed E-state index contributed by atoms with van der Waals surface area (Å²) < 4.78 is 6.67. The molecule has 0 amide bonds. The fraction of sp³-hybridized carbons (Fsp3) is 0.615. The molecule has 0 aliphatic heterocycles. The second kappa shape index (κ2) is 5.67. The second-order valence-electron chi connectivity index (χ2n) is 4.45. The van der Waals surface area contributed by atoms with E-state index in [1.54, 1.807) is 18.5 Å². The van der Waals surface area contributed by atoms with E-state index in [9.17, 15) is 10.1 Å². The molecule has 18 heavy (non-hydrogen) atoms. The molecule has 0 saturated heterocycles. The fourth-order valence-electron chi connectivity index (χ4n) is 1.72. The Bertz CT molecular complexity index is 473. The maximum atomic E-state index is 11.8. The van der Waals surface area contributed by atoms with Gasteiger partial charge in [0.15, 0.2) is 5.41 Å². The van der Waals surface area contributed by atoms with Crippen LogP contribution in [-0.4, -0.2) is 22.4 Å². The Morgan fingerprint density at radius 2 is 2.28 bits per heavy atom. The lowest BCUT2D eigenvalue weighted by molar-refractivity contribution is -0.151. The van der Waals surface area contributed by atoms with E-state index in [1.807, 2.05) is 20.0 Å². The third kappa shape index (κ3) is 2.89. The van der Waals surface area contributed by atoms with Gasteiger partial charge in [-0.05, 0) is 26.3 Å². The van der Waals surface area contributed by atoms with Crippen LogP contribution in [0.3, 0.4) is 0 Å². The summed E-state index contributed by atoms with van der Waals surface area (Å²) in [5.41, 5.74) is 0.662. The molecule has 0 aliphatic rings. The van der Waals surface area contributed by atoms with Crippen molar-refractivity contribution in [1.29, 1.82) is 5.26 Å². The van der Waals surface area contributed by atoms with Crippen LogP contribution in [0.1, 0.15) is 32.2 Å². The number of hydrogen-bond donors (Lipinski definition) is 0. The lowest BCUT2D eigenvalue weighted by Gasteiger charge is -2.19. The third-order valence-corrected chi connectivity index (χ3v) is 2.90. The number of hydrogen-bond acceptors (Lipinski definition) is 4. The van der Waals surface area contributed by atoms with Crippen molar-refractivity contribution in [2.24, 2.45) is 12.5 Å². The average Bonchev–Trinajstić information content (AvgIpc) is 2.70. The predicted octanol–water partition coefficient (Wildman–Crippen LogP) is 1.62. The van der Waals surface area contributed by atoms with Crippen molar-refractivity contribution in [2.45, 2.75) is 33.6 Å². The van der Waals surface area contributed by atoms with Gasteiger partial charge in [-0.3, -0.25) is 9.48 Å². The van der Waals surface area contributed by atoms with Gasteiger partial charge in [-0.2, -0.15) is 10.4 Å². The number of carbonyl (C=O) groups excluding carboxylic acids is 1. The summed E-state index contributed by atoms with van der Waals surface area (Å²) in [7, 11) is 1.82. The number of esters is 1. The van der Waals surface area contributed by atoms with E-state index < -0.39 is 11.4 Å². The van der Waals surface area contributed by atoms with Gasteiger partial charge in [-0.25, -0.2) is 0 Å². The molecule has 1 heterocycles. The Morgan fingerprint density at radius 3 is 2.72 bits per heavy atom. The van der Waals surface area contributed by atoms with Gasteiger partial charge in [0.25, 0.3) is 0 Å². The summed E-state index contributed by atoms with van der Waals surface area (Å²) in [6.07, 6.45) is 1.14. The van der Waals surface area contributed by atoms with Gasteiger partial charge in [0.1, 0.15) is 0 Å². The Hall–Kier alpha value is -1.83. The first-order valence-electron chi connectivity index (χ1n) is 6.07. The largest absolute Gasteiger partial charge is 0.465 e. The molecule has 1 aromatic heterocycles. The topological polar surface area (TPSA) is 67.9 Å². The molecule has 5 nitrogen and oxygen atoms in total. The van der Waals surface area contributed by atoms with Crippen LogP contribution < -0.4 is 0 Å². The molecular formula is C13H19N3O2. The summed E-state index contributed by atoms with van der Waals surface area (Å²) in [6, 6.07) is 3.98. The van der Waals surface area contributed by atoms with Gasteiger partial charge < -0.3 is 4.74 Å². The van der Waals surface area contributed by atoms with Crippen LogP contribution in [0.4, 0.5) is 0 Å². The lowest BCUT2D eigenvalue weighted by atomic mass is 9.87. The van der Waals surface area contributed by atoms with Gasteiger partial charge in [-0.15, -0.1) is 0 Å². The molecule has 0 spiro atoms. The van der Waals surface area contributed by atoms with Gasteiger partial charge in [0.2, 0.25) is 0 Å². The van der Waals surface area contributed by atoms with Gasteiger partial charge in [-0.1, -0.05) is 6.92 Å². The minimum absolute atomic E-state index is 0.279. The molecule has 0 aliphatic carbocycles. The molecule has 0 N–H and O–H groups in total. The minimum atomic E-state index is -1.16. The monoisotopic (exact) mass is 249 g/mol. The van der Waals surface area contributed by atoms with E-state index in [-0.39, 0.29) is 6.61 Å². The standard InChI is InChI=1S/C13H19N3O2/c1-5-10-7-11(16(4)15-10)8-13(3,9-14)12(17)18-6-2/h7H,5-6,8H2,1-4H3. The molecule has 5 heteroatoms. The molecule has 0 aromatic carbocycles. The van der Waals surface area contributed by atoms with Crippen molar-refractivity contribution in [1.82, 2.24) is 9.78 Å². The molecule has 1 atom stereocenters. The number of aromatic nitrogens is 2. The summed E-state index contributed by atoms with van der Waals surface area (Å²) in [6.45, 7) is 5.63. The number of aryl methyl sites for hydroxylation is 2.